The van der Waals surface area contributed by atoms with E-state index < -0.39 is 11.6 Å². The zero-order valence-electron chi connectivity index (χ0n) is 10.0. The lowest BCUT2D eigenvalue weighted by atomic mass is 10.2. The van der Waals surface area contributed by atoms with Crippen LogP contribution in [0.1, 0.15) is 13.3 Å². The van der Waals surface area contributed by atoms with E-state index in [9.17, 15) is 19.1 Å². The molecular formula is C12H11BrFNO3S. The second-order valence-corrected chi connectivity index (χ2v) is 6.59. The summed E-state index contributed by atoms with van der Waals surface area (Å²) in [7, 11) is 0. The van der Waals surface area contributed by atoms with Gasteiger partial charge in [-0.2, -0.15) is 0 Å². The predicted molar refractivity (Wildman–Crippen MR) is 74.8 cm³/mol. The number of phenols is 1. The third-order valence-electron chi connectivity index (χ3n) is 2.72. The molecule has 0 aromatic heterocycles. The Hall–Kier alpha value is -1.08. The molecule has 7 heteroatoms. The van der Waals surface area contributed by atoms with Gasteiger partial charge in [-0.05, 0) is 12.1 Å². The molecule has 19 heavy (non-hydrogen) atoms. The molecule has 1 aromatic carbocycles. The molecule has 1 atom stereocenters. The molecule has 2 rings (SSSR count). The van der Waals surface area contributed by atoms with Gasteiger partial charge in [0.05, 0.1) is 5.69 Å². The lowest BCUT2D eigenvalue weighted by Crippen LogP contribution is -2.25. The van der Waals surface area contributed by atoms with E-state index in [1.54, 1.807) is 0 Å². The second kappa shape index (κ2) is 5.50. The van der Waals surface area contributed by atoms with Crippen LogP contribution in [0.5, 0.6) is 5.75 Å². The Labute approximate surface area is 122 Å². The molecule has 1 aliphatic heterocycles. The maximum absolute atomic E-state index is 13.5. The number of hydrogen-bond donors (Lipinski definition) is 1. The first-order valence-corrected chi connectivity index (χ1v) is 7.21. The normalized spacial score (nSPS) is 19.0. The van der Waals surface area contributed by atoms with Crippen LogP contribution in [0, 0.1) is 5.82 Å². The van der Waals surface area contributed by atoms with Crippen LogP contribution in [0.15, 0.2) is 16.6 Å². The molecule has 0 radical (unpaired) electrons. The van der Waals surface area contributed by atoms with Crippen LogP contribution in [0.2, 0.25) is 0 Å². The average Bonchev–Trinajstić information content (AvgIpc) is 2.63. The predicted octanol–water partition coefficient (Wildman–Crippen LogP) is 2.68. The van der Waals surface area contributed by atoms with Crippen molar-refractivity contribution in [1.29, 1.82) is 0 Å². The monoisotopic (exact) mass is 347 g/mol. The van der Waals surface area contributed by atoms with Crippen LogP contribution in [0.25, 0.3) is 0 Å². The van der Waals surface area contributed by atoms with Gasteiger partial charge in [-0.15, -0.1) is 0 Å². The number of thioether (sulfide) groups is 1. The molecule has 0 bridgehead atoms. The molecule has 0 spiro atoms. The van der Waals surface area contributed by atoms with Crippen molar-refractivity contribution in [3.8, 4) is 5.75 Å². The molecule has 1 unspecified atom stereocenters. The van der Waals surface area contributed by atoms with Gasteiger partial charge < -0.3 is 10.0 Å². The second-order valence-electron chi connectivity index (χ2n) is 4.20. The fourth-order valence-corrected chi connectivity index (χ4v) is 3.32. The molecule has 0 saturated carbocycles. The molecule has 1 aromatic rings. The van der Waals surface area contributed by atoms with Gasteiger partial charge >= 0.3 is 0 Å². The van der Waals surface area contributed by atoms with Gasteiger partial charge in [0.1, 0.15) is 0 Å². The van der Waals surface area contributed by atoms with Crippen LogP contribution in [-0.4, -0.2) is 27.9 Å². The SMILES string of the molecule is CC(=O)SC1CC(=O)N(c2cc(Br)cc(F)c2O)C1. The molecule has 1 heterocycles. The number of hydrogen-bond acceptors (Lipinski definition) is 4. The highest BCUT2D eigenvalue weighted by Gasteiger charge is 2.33. The number of rotatable bonds is 2. The lowest BCUT2D eigenvalue weighted by Gasteiger charge is -2.18. The summed E-state index contributed by atoms with van der Waals surface area (Å²) in [6.45, 7) is 1.72. The van der Waals surface area contributed by atoms with Crippen LogP contribution >= 0.6 is 27.7 Å². The summed E-state index contributed by atoms with van der Waals surface area (Å²) in [5, 5.41) is 9.48. The number of halogens is 2. The number of aromatic hydroxyl groups is 1. The maximum atomic E-state index is 13.5. The van der Waals surface area contributed by atoms with Gasteiger partial charge in [-0.25, -0.2) is 4.39 Å². The van der Waals surface area contributed by atoms with E-state index in [0.717, 1.165) is 17.8 Å². The van der Waals surface area contributed by atoms with Crippen molar-refractivity contribution in [2.24, 2.45) is 0 Å². The maximum Gasteiger partial charge on any atom is 0.228 e. The van der Waals surface area contributed by atoms with Crippen molar-refractivity contribution in [1.82, 2.24) is 0 Å². The molecule has 1 amide bonds. The van der Waals surface area contributed by atoms with E-state index in [-0.39, 0.29) is 34.9 Å². The Balaban J connectivity index is 2.28. The van der Waals surface area contributed by atoms with Crippen LogP contribution in [0.3, 0.4) is 0 Å². The van der Waals surface area contributed by atoms with Crippen LogP contribution < -0.4 is 4.90 Å². The molecule has 1 saturated heterocycles. The Morgan fingerprint density at radius 1 is 1.58 bits per heavy atom. The third kappa shape index (κ3) is 3.09. The van der Waals surface area contributed by atoms with Gasteiger partial charge in [0, 0.05) is 29.6 Å². The highest BCUT2D eigenvalue weighted by Crippen LogP contribution is 2.37. The van der Waals surface area contributed by atoms with Crippen molar-refractivity contribution >= 4 is 44.4 Å². The number of benzene rings is 1. The first-order valence-electron chi connectivity index (χ1n) is 5.54. The highest BCUT2D eigenvalue weighted by atomic mass is 79.9. The number of amides is 1. The van der Waals surface area contributed by atoms with Gasteiger partial charge in [0.2, 0.25) is 5.91 Å². The first-order chi connectivity index (χ1) is 8.88. The number of carbonyl (C=O) groups excluding carboxylic acids is 2. The summed E-state index contributed by atoms with van der Waals surface area (Å²) < 4.78 is 13.9. The standard InChI is InChI=1S/C12H11BrFNO3S/c1-6(16)19-8-4-11(17)15(5-8)10-3-7(13)2-9(14)12(10)18/h2-3,8,18H,4-5H2,1H3. The van der Waals surface area contributed by atoms with E-state index in [2.05, 4.69) is 15.9 Å². The van der Waals surface area contributed by atoms with Crippen LogP contribution in [0.4, 0.5) is 10.1 Å². The van der Waals surface area contributed by atoms with Crippen molar-refractivity contribution in [3.63, 3.8) is 0 Å². The van der Waals surface area contributed by atoms with Crippen molar-refractivity contribution < 1.29 is 19.1 Å². The molecular weight excluding hydrogens is 337 g/mol. The topological polar surface area (TPSA) is 57.6 Å². The zero-order chi connectivity index (χ0) is 14.2. The first kappa shape index (κ1) is 14.3. The van der Waals surface area contributed by atoms with E-state index in [1.165, 1.54) is 17.9 Å². The van der Waals surface area contributed by atoms with Gasteiger partial charge in [0.15, 0.2) is 16.7 Å². The minimum absolute atomic E-state index is 0.0655. The minimum Gasteiger partial charge on any atom is -0.503 e. The van der Waals surface area contributed by atoms with Gasteiger partial charge in [-0.1, -0.05) is 27.7 Å². The van der Waals surface area contributed by atoms with Gasteiger partial charge in [-0.3, -0.25) is 9.59 Å². The van der Waals surface area contributed by atoms with Crippen molar-refractivity contribution in [2.75, 3.05) is 11.4 Å². The summed E-state index contributed by atoms with van der Waals surface area (Å²) in [5.41, 5.74) is 0.128. The highest BCUT2D eigenvalue weighted by molar-refractivity contribution is 9.10. The van der Waals surface area contributed by atoms with E-state index >= 15 is 0 Å². The number of carbonyl (C=O) groups is 2. The fraction of sp³-hybridized carbons (Fsp3) is 0.333. The summed E-state index contributed by atoms with van der Waals surface area (Å²) in [5.74, 6) is -1.57. The fourth-order valence-electron chi connectivity index (χ4n) is 1.98. The van der Waals surface area contributed by atoms with E-state index in [1.807, 2.05) is 0 Å². The Kier molecular flexibility index (Phi) is 4.15. The molecule has 1 fully saturated rings. The number of nitrogens with zero attached hydrogens (tertiary/aromatic N) is 1. The summed E-state index contributed by atoms with van der Waals surface area (Å²) >= 11 is 4.21. The Morgan fingerprint density at radius 3 is 2.89 bits per heavy atom. The molecule has 0 aliphatic carbocycles. The summed E-state index contributed by atoms with van der Waals surface area (Å²) in [6, 6.07) is 2.61. The average molecular weight is 348 g/mol. The largest absolute Gasteiger partial charge is 0.503 e. The minimum atomic E-state index is -0.792. The lowest BCUT2D eigenvalue weighted by molar-refractivity contribution is -0.117. The van der Waals surface area contributed by atoms with Crippen LogP contribution in [-0.2, 0) is 9.59 Å². The molecule has 1 N–H and O–H groups in total. The molecule has 4 nitrogen and oxygen atoms in total. The summed E-state index contributed by atoms with van der Waals surface area (Å²) in [6.07, 6.45) is 0.206. The number of anilines is 1. The summed E-state index contributed by atoms with van der Waals surface area (Å²) in [4.78, 5) is 24.2. The number of phenolic OH excluding ortho intramolecular Hbond substituents is 1. The third-order valence-corrected chi connectivity index (χ3v) is 4.16. The molecule has 1 aliphatic rings. The van der Waals surface area contributed by atoms with Crippen molar-refractivity contribution in [3.05, 3.63) is 22.4 Å². The smallest absolute Gasteiger partial charge is 0.228 e. The molecule has 102 valence electrons. The Morgan fingerprint density at radius 2 is 2.26 bits per heavy atom. The zero-order valence-corrected chi connectivity index (χ0v) is 12.4. The van der Waals surface area contributed by atoms with Crippen molar-refractivity contribution in [2.45, 2.75) is 18.6 Å². The van der Waals surface area contributed by atoms with Gasteiger partial charge in [0.25, 0.3) is 0 Å². The Bertz CT molecular complexity index is 552. The van der Waals surface area contributed by atoms with E-state index in [0.29, 0.717) is 4.47 Å². The quantitative estimate of drug-likeness (QED) is 0.893. The van der Waals surface area contributed by atoms with E-state index in [4.69, 9.17) is 0 Å².